The highest BCUT2D eigenvalue weighted by atomic mass is 16.6. The standard InChI is InChI=1S/C14H20N4O3/c1-2-9-3-5-10(6-4-9)17-14(19)12-7-11(18(20)21)8-16-13(12)15/h7-10H,2-6H2,1H3,(H2,15,16)(H,17,19). The number of carbonyl (C=O) groups is 1. The van der Waals surface area contributed by atoms with Crippen LogP contribution in [-0.2, 0) is 0 Å². The number of nitrogens with one attached hydrogen (secondary N) is 1. The summed E-state index contributed by atoms with van der Waals surface area (Å²) in [6.45, 7) is 2.18. The maximum Gasteiger partial charge on any atom is 0.288 e. The number of rotatable bonds is 4. The average Bonchev–Trinajstić information content (AvgIpc) is 2.48. The van der Waals surface area contributed by atoms with Crippen molar-refractivity contribution in [1.82, 2.24) is 10.3 Å². The van der Waals surface area contributed by atoms with E-state index in [9.17, 15) is 14.9 Å². The van der Waals surface area contributed by atoms with Gasteiger partial charge in [0.25, 0.3) is 11.6 Å². The van der Waals surface area contributed by atoms with E-state index in [1.807, 2.05) is 0 Å². The molecule has 1 fully saturated rings. The number of carbonyl (C=O) groups excluding carboxylic acids is 1. The molecule has 3 N–H and O–H groups in total. The van der Waals surface area contributed by atoms with E-state index in [-0.39, 0.29) is 29.0 Å². The van der Waals surface area contributed by atoms with Crippen molar-refractivity contribution in [2.45, 2.75) is 45.1 Å². The van der Waals surface area contributed by atoms with Crippen molar-refractivity contribution in [1.29, 1.82) is 0 Å². The molecule has 0 spiro atoms. The van der Waals surface area contributed by atoms with Gasteiger partial charge < -0.3 is 11.1 Å². The molecule has 0 bridgehead atoms. The van der Waals surface area contributed by atoms with Gasteiger partial charge in [-0.15, -0.1) is 0 Å². The van der Waals surface area contributed by atoms with Gasteiger partial charge in [0.15, 0.2) is 0 Å². The number of amides is 1. The smallest absolute Gasteiger partial charge is 0.288 e. The Morgan fingerprint density at radius 2 is 2.14 bits per heavy atom. The van der Waals surface area contributed by atoms with Crippen LogP contribution >= 0.6 is 0 Å². The molecule has 1 amide bonds. The Balaban J connectivity index is 2.03. The molecule has 114 valence electrons. The van der Waals surface area contributed by atoms with Gasteiger partial charge in [-0.1, -0.05) is 13.3 Å². The normalized spacial score (nSPS) is 21.8. The number of anilines is 1. The molecule has 1 aromatic heterocycles. The maximum absolute atomic E-state index is 12.2. The van der Waals surface area contributed by atoms with Gasteiger partial charge in [0.1, 0.15) is 12.0 Å². The molecule has 0 saturated heterocycles. The highest BCUT2D eigenvalue weighted by Crippen LogP contribution is 2.27. The van der Waals surface area contributed by atoms with Crippen LogP contribution in [0.5, 0.6) is 0 Å². The number of nitrogens with zero attached hydrogens (tertiary/aromatic N) is 2. The summed E-state index contributed by atoms with van der Waals surface area (Å²) in [5, 5.41) is 13.6. The fourth-order valence-corrected chi connectivity index (χ4v) is 2.72. The first-order valence-corrected chi connectivity index (χ1v) is 7.22. The molecular formula is C14H20N4O3. The quantitative estimate of drug-likeness (QED) is 0.653. The van der Waals surface area contributed by atoms with E-state index in [1.54, 1.807) is 0 Å². The van der Waals surface area contributed by atoms with Gasteiger partial charge >= 0.3 is 0 Å². The summed E-state index contributed by atoms with van der Waals surface area (Å²) in [5.41, 5.74) is 5.48. The van der Waals surface area contributed by atoms with Crippen molar-refractivity contribution in [3.63, 3.8) is 0 Å². The number of nitrogens with two attached hydrogens (primary N) is 1. The first-order chi connectivity index (χ1) is 10.0. The van der Waals surface area contributed by atoms with E-state index in [4.69, 9.17) is 5.73 Å². The lowest BCUT2D eigenvalue weighted by atomic mass is 9.84. The lowest BCUT2D eigenvalue weighted by Gasteiger charge is -2.28. The Hall–Kier alpha value is -2.18. The third-order valence-electron chi connectivity index (χ3n) is 4.12. The molecule has 7 nitrogen and oxygen atoms in total. The lowest BCUT2D eigenvalue weighted by molar-refractivity contribution is -0.385. The molecule has 1 saturated carbocycles. The zero-order valence-electron chi connectivity index (χ0n) is 12.0. The first kappa shape index (κ1) is 15.2. The van der Waals surface area contributed by atoms with E-state index in [0.29, 0.717) is 0 Å². The summed E-state index contributed by atoms with van der Waals surface area (Å²) in [4.78, 5) is 26.1. The molecule has 21 heavy (non-hydrogen) atoms. The minimum absolute atomic E-state index is 0.0142. The molecule has 2 rings (SSSR count). The molecule has 1 aliphatic carbocycles. The van der Waals surface area contributed by atoms with Crippen molar-refractivity contribution in [3.05, 3.63) is 27.9 Å². The number of nitrogen functional groups attached to an aromatic ring is 1. The third-order valence-corrected chi connectivity index (χ3v) is 4.12. The monoisotopic (exact) mass is 292 g/mol. The average molecular weight is 292 g/mol. The van der Waals surface area contributed by atoms with Crippen molar-refractivity contribution in [2.24, 2.45) is 5.92 Å². The van der Waals surface area contributed by atoms with Gasteiger partial charge in [0, 0.05) is 12.1 Å². The SMILES string of the molecule is CCC1CCC(NC(=O)c2cc([N+](=O)[O-])cnc2N)CC1. The van der Waals surface area contributed by atoms with E-state index in [1.165, 1.54) is 12.5 Å². The Morgan fingerprint density at radius 3 is 2.71 bits per heavy atom. The number of aromatic nitrogens is 1. The maximum atomic E-state index is 12.2. The van der Waals surface area contributed by atoms with E-state index in [2.05, 4.69) is 17.2 Å². The molecule has 0 atom stereocenters. The van der Waals surface area contributed by atoms with Crippen molar-refractivity contribution >= 4 is 17.4 Å². The minimum atomic E-state index is -0.588. The van der Waals surface area contributed by atoms with Crippen LogP contribution in [0.25, 0.3) is 0 Å². The molecule has 7 heteroatoms. The first-order valence-electron chi connectivity index (χ1n) is 7.22. The van der Waals surface area contributed by atoms with Crippen LogP contribution in [-0.4, -0.2) is 21.9 Å². The Kier molecular flexibility index (Phi) is 4.72. The zero-order valence-corrected chi connectivity index (χ0v) is 12.0. The second-order valence-corrected chi connectivity index (χ2v) is 5.48. The highest BCUT2D eigenvalue weighted by molar-refractivity contribution is 5.99. The molecular weight excluding hydrogens is 272 g/mol. The second kappa shape index (κ2) is 6.51. The largest absolute Gasteiger partial charge is 0.383 e. The number of hydrogen-bond acceptors (Lipinski definition) is 5. The van der Waals surface area contributed by atoms with Gasteiger partial charge in [-0.05, 0) is 31.6 Å². The fourth-order valence-electron chi connectivity index (χ4n) is 2.72. The van der Waals surface area contributed by atoms with Crippen LogP contribution in [0, 0.1) is 16.0 Å². The van der Waals surface area contributed by atoms with Gasteiger partial charge in [-0.25, -0.2) is 4.98 Å². The summed E-state index contributed by atoms with van der Waals surface area (Å²) in [6.07, 6.45) is 6.30. The van der Waals surface area contributed by atoms with Gasteiger partial charge in [-0.2, -0.15) is 0 Å². The Labute approximate surface area is 123 Å². The molecule has 0 aliphatic heterocycles. The highest BCUT2D eigenvalue weighted by Gasteiger charge is 2.23. The van der Waals surface area contributed by atoms with Crippen LogP contribution < -0.4 is 11.1 Å². The molecule has 0 radical (unpaired) electrons. The van der Waals surface area contributed by atoms with Gasteiger partial charge in [0.2, 0.25) is 0 Å². The molecule has 1 heterocycles. The topological polar surface area (TPSA) is 111 Å². The summed E-state index contributed by atoms with van der Waals surface area (Å²) in [7, 11) is 0. The fraction of sp³-hybridized carbons (Fsp3) is 0.571. The Morgan fingerprint density at radius 1 is 1.48 bits per heavy atom. The molecule has 0 unspecified atom stereocenters. The van der Waals surface area contributed by atoms with Crippen molar-refractivity contribution in [3.8, 4) is 0 Å². The molecule has 1 aromatic rings. The van der Waals surface area contributed by atoms with Crippen LogP contribution in [0.1, 0.15) is 49.4 Å². The summed E-state index contributed by atoms with van der Waals surface area (Å²) in [6, 6.07) is 1.29. The van der Waals surface area contributed by atoms with E-state index >= 15 is 0 Å². The second-order valence-electron chi connectivity index (χ2n) is 5.48. The van der Waals surface area contributed by atoms with Gasteiger partial charge in [-0.3, -0.25) is 14.9 Å². The number of hydrogen-bond donors (Lipinski definition) is 2. The van der Waals surface area contributed by atoms with Crippen LogP contribution in [0.3, 0.4) is 0 Å². The third kappa shape index (κ3) is 3.68. The summed E-state index contributed by atoms with van der Waals surface area (Å²) >= 11 is 0. The van der Waals surface area contributed by atoms with Crippen LogP contribution in [0.15, 0.2) is 12.3 Å². The summed E-state index contributed by atoms with van der Waals surface area (Å²) < 4.78 is 0. The molecule has 0 aromatic carbocycles. The lowest BCUT2D eigenvalue weighted by Crippen LogP contribution is -2.38. The Bertz CT molecular complexity index is 539. The van der Waals surface area contributed by atoms with Crippen LogP contribution in [0.4, 0.5) is 11.5 Å². The predicted octanol–water partition coefficient (Wildman–Crippen LogP) is 2.27. The molecule has 1 aliphatic rings. The number of pyridine rings is 1. The van der Waals surface area contributed by atoms with E-state index in [0.717, 1.165) is 37.8 Å². The zero-order chi connectivity index (χ0) is 15.4. The number of nitro groups is 1. The van der Waals surface area contributed by atoms with Crippen molar-refractivity contribution in [2.75, 3.05) is 5.73 Å². The predicted molar refractivity (Wildman–Crippen MR) is 78.8 cm³/mol. The van der Waals surface area contributed by atoms with Gasteiger partial charge in [0.05, 0.1) is 10.5 Å². The van der Waals surface area contributed by atoms with E-state index < -0.39 is 4.92 Å². The summed E-state index contributed by atoms with van der Waals surface area (Å²) in [5.74, 6) is 0.367. The van der Waals surface area contributed by atoms with Crippen molar-refractivity contribution < 1.29 is 9.72 Å². The van der Waals surface area contributed by atoms with Crippen LogP contribution in [0.2, 0.25) is 0 Å². The minimum Gasteiger partial charge on any atom is -0.383 e.